The van der Waals surface area contributed by atoms with E-state index in [2.05, 4.69) is 0 Å². The normalized spacial score (nSPS) is 16.4. The minimum Gasteiger partial charge on any atom is -0.368 e. The molecule has 0 atom stereocenters. The van der Waals surface area contributed by atoms with Crippen molar-refractivity contribution in [2.75, 3.05) is 18.0 Å². The Balaban J connectivity index is 2.44. The summed E-state index contributed by atoms with van der Waals surface area (Å²) in [5.41, 5.74) is 0.212. The van der Waals surface area contributed by atoms with Crippen LogP contribution in [0, 0.1) is 11.6 Å². The average Bonchev–Trinajstić information content (AvgIpc) is 2.65. The predicted octanol–water partition coefficient (Wildman–Crippen LogP) is 3.22. The summed E-state index contributed by atoms with van der Waals surface area (Å²) in [7, 11) is 0. The van der Waals surface area contributed by atoms with Gasteiger partial charge in [0.15, 0.2) is 11.6 Å². The fraction of sp³-hybridized carbons (Fsp3) is 0.400. The van der Waals surface area contributed by atoms with E-state index in [1.807, 2.05) is 0 Å². The Morgan fingerprint density at radius 1 is 1.14 bits per heavy atom. The first kappa shape index (κ1) is 9.71. The second-order valence-electron chi connectivity index (χ2n) is 3.39. The number of rotatable bonds is 1. The molecule has 1 heterocycles. The molecule has 0 radical (unpaired) electrons. The molecule has 1 nitrogen and oxygen atoms in total. The van der Waals surface area contributed by atoms with E-state index in [0.29, 0.717) is 0 Å². The molecule has 1 saturated heterocycles. The molecule has 4 heteroatoms. The van der Waals surface area contributed by atoms with E-state index < -0.39 is 11.6 Å². The van der Waals surface area contributed by atoms with Crippen LogP contribution in [0.1, 0.15) is 12.8 Å². The highest BCUT2D eigenvalue weighted by molar-refractivity contribution is 6.33. The third-order valence-corrected chi connectivity index (χ3v) is 2.75. The highest BCUT2D eigenvalue weighted by Gasteiger charge is 2.21. The number of hydrogen-bond acceptors (Lipinski definition) is 1. The van der Waals surface area contributed by atoms with Crippen LogP contribution in [-0.4, -0.2) is 13.1 Å². The first-order valence-corrected chi connectivity index (χ1v) is 4.96. The molecule has 1 aromatic rings. The third-order valence-electron chi connectivity index (χ3n) is 2.44. The van der Waals surface area contributed by atoms with Crippen molar-refractivity contribution >= 4 is 17.3 Å². The molecule has 1 aliphatic rings. The molecule has 0 bridgehead atoms. The van der Waals surface area contributed by atoms with E-state index in [-0.39, 0.29) is 10.7 Å². The highest BCUT2D eigenvalue weighted by Crippen LogP contribution is 2.32. The van der Waals surface area contributed by atoms with Crippen molar-refractivity contribution in [1.82, 2.24) is 0 Å². The summed E-state index contributed by atoms with van der Waals surface area (Å²) in [5, 5.41) is 0.283. The van der Waals surface area contributed by atoms with Gasteiger partial charge in [0, 0.05) is 13.1 Å². The van der Waals surface area contributed by atoms with E-state index in [0.717, 1.165) is 32.0 Å². The molecule has 0 saturated carbocycles. The number of benzene rings is 1. The van der Waals surface area contributed by atoms with Crippen molar-refractivity contribution in [1.29, 1.82) is 0 Å². The van der Waals surface area contributed by atoms with Crippen molar-refractivity contribution in [2.24, 2.45) is 0 Å². The van der Waals surface area contributed by atoms with Gasteiger partial charge in [-0.3, -0.25) is 0 Å². The van der Waals surface area contributed by atoms with Crippen molar-refractivity contribution in [2.45, 2.75) is 12.8 Å². The fourth-order valence-electron chi connectivity index (χ4n) is 1.75. The Morgan fingerprint density at radius 2 is 1.79 bits per heavy atom. The molecule has 0 aliphatic carbocycles. The molecule has 0 spiro atoms. The van der Waals surface area contributed by atoms with Crippen molar-refractivity contribution in [3.63, 3.8) is 0 Å². The second kappa shape index (κ2) is 3.73. The van der Waals surface area contributed by atoms with Crippen LogP contribution in [0.15, 0.2) is 12.1 Å². The van der Waals surface area contributed by atoms with Gasteiger partial charge in [-0.1, -0.05) is 11.6 Å². The Bertz CT molecular complexity index is 348. The maximum Gasteiger partial charge on any atom is 0.183 e. The predicted molar refractivity (Wildman–Crippen MR) is 52.8 cm³/mol. The van der Waals surface area contributed by atoms with Gasteiger partial charge < -0.3 is 4.90 Å². The quantitative estimate of drug-likeness (QED) is 0.653. The van der Waals surface area contributed by atoms with E-state index in [9.17, 15) is 8.78 Å². The lowest BCUT2D eigenvalue weighted by atomic mass is 10.2. The Labute approximate surface area is 86.3 Å². The van der Waals surface area contributed by atoms with Crippen LogP contribution in [0.25, 0.3) is 0 Å². The standard InChI is InChI=1S/C10H10ClF2N/c11-7-3-4-8(12)9(13)10(7)14-5-1-2-6-14/h3-4H,1-2,5-6H2. The van der Waals surface area contributed by atoms with E-state index in [1.165, 1.54) is 6.07 Å². The number of anilines is 1. The lowest BCUT2D eigenvalue weighted by molar-refractivity contribution is 0.508. The van der Waals surface area contributed by atoms with Gasteiger partial charge >= 0.3 is 0 Å². The topological polar surface area (TPSA) is 3.24 Å². The van der Waals surface area contributed by atoms with E-state index >= 15 is 0 Å². The van der Waals surface area contributed by atoms with E-state index in [1.54, 1.807) is 4.90 Å². The molecular formula is C10H10ClF2N. The number of nitrogens with zero attached hydrogens (tertiary/aromatic N) is 1. The molecule has 1 aliphatic heterocycles. The van der Waals surface area contributed by atoms with Crippen LogP contribution in [0.4, 0.5) is 14.5 Å². The summed E-state index contributed by atoms with van der Waals surface area (Å²) in [6, 6.07) is 2.45. The largest absolute Gasteiger partial charge is 0.368 e. The molecule has 0 amide bonds. The van der Waals surface area contributed by atoms with Crippen LogP contribution in [0.3, 0.4) is 0 Å². The fourth-order valence-corrected chi connectivity index (χ4v) is 2.01. The smallest absolute Gasteiger partial charge is 0.183 e. The van der Waals surface area contributed by atoms with Gasteiger partial charge in [0.1, 0.15) is 0 Å². The second-order valence-corrected chi connectivity index (χ2v) is 3.79. The van der Waals surface area contributed by atoms with Crippen molar-refractivity contribution < 1.29 is 8.78 Å². The van der Waals surface area contributed by atoms with Gasteiger partial charge in [0.25, 0.3) is 0 Å². The van der Waals surface area contributed by atoms with Gasteiger partial charge in [-0.05, 0) is 25.0 Å². The Morgan fingerprint density at radius 3 is 2.43 bits per heavy atom. The Kier molecular flexibility index (Phi) is 2.59. The minimum absolute atomic E-state index is 0.212. The molecule has 0 aromatic heterocycles. The average molecular weight is 218 g/mol. The van der Waals surface area contributed by atoms with Crippen molar-refractivity contribution in [3.8, 4) is 0 Å². The van der Waals surface area contributed by atoms with Gasteiger partial charge in [-0.2, -0.15) is 0 Å². The summed E-state index contributed by atoms with van der Waals surface area (Å²) in [6.07, 6.45) is 2.01. The SMILES string of the molecule is Fc1ccc(Cl)c(N2CCCC2)c1F. The maximum atomic E-state index is 13.4. The van der Waals surface area contributed by atoms with E-state index in [4.69, 9.17) is 11.6 Å². The lowest BCUT2D eigenvalue weighted by Crippen LogP contribution is -2.19. The zero-order valence-corrected chi connectivity index (χ0v) is 8.32. The maximum absolute atomic E-state index is 13.4. The molecule has 76 valence electrons. The summed E-state index contributed by atoms with van der Waals surface area (Å²) < 4.78 is 26.4. The summed E-state index contributed by atoms with van der Waals surface area (Å²) in [6.45, 7) is 1.50. The molecule has 14 heavy (non-hydrogen) atoms. The van der Waals surface area contributed by atoms with Gasteiger partial charge in [0.2, 0.25) is 0 Å². The highest BCUT2D eigenvalue weighted by atomic mass is 35.5. The van der Waals surface area contributed by atoms with Crippen LogP contribution in [0.2, 0.25) is 5.02 Å². The molecule has 0 N–H and O–H groups in total. The van der Waals surface area contributed by atoms with Crippen molar-refractivity contribution in [3.05, 3.63) is 28.8 Å². The third kappa shape index (κ3) is 1.57. The molecule has 0 unspecified atom stereocenters. The van der Waals surface area contributed by atoms with Crippen LogP contribution >= 0.6 is 11.6 Å². The molecule has 1 aromatic carbocycles. The van der Waals surface area contributed by atoms with Gasteiger partial charge in [0.05, 0.1) is 10.7 Å². The molecular weight excluding hydrogens is 208 g/mol. The Hall–Kier alpha value is -0.830. The lowest BCUT2D eigenvalue weighted by Gasteiger charge is -2.19. The number of hydrogen-bond donors (Lipinski definition) is 0. The summed E-state index contributed by atoms with van der Waals surface area (Å²) in [4.78, 5) is 1.79. The monoisotopic (exact) mass is 217 g/mol. The summed E-state index contributed by atoms with van der Waals surface area (Å²) >= 11 is 5.83. The first-order chi connectivity index (χ1) is 6.70. The zero-order chi connectivity index (χ0) is 10.1. The minimum atomic E-state index is -0.837. The number of halogens is 3. The van der Waals surface area contributed by atoms with Crippen LogP contribution < -0.4 is 4.90 Å². The van der Waals surface area contributed by atoms with Crippen LogP contribution in [-0.2, 0) is 0 Å². The molecule has 2 rings (SSSR count). The van der Waals surface area contributed by atoms with Crippen LogP contribution in [0.5, 0.6) is 0 Å². The van der Waals surface area contributed by atoms with Gasteiger partial charge in [-0.25, -0.2) is 8.78 Å². The molecule has 1 fully saturated rings. The first-order valence-electron chi connectivity index (χ1n) is 4.58. The summed E-state index contributed by atoms with van der Waals surface area (Å²) in [5.74, 6) is -1.67. The zero-order valence-electron chi connectivity index (χ0n) is 7.56. The van der Waals surface area contributed by atoms with Gasteiger partial charge in [-0.15, -0.1) is 0 Å².